The summed E-state index contributed by atoms with van der Waals surface area (Å²) in [5.41, 5.74) is 2.90. The van der Waals surface area contributed by atoms with Gasteiger partial charge in [0.05, 0.1) is 28.3 Å². The van der Waals surface area contributed by atoms with E-state index in [2.05, 4.69) is 30.8 Å². The molecule has 4 aromatic rings. The maximum atomic E-state index is 12.7. The van der Waals surface area contributed by atoms with E-state index in [1.807, 2.05) is 37.3 Å². The monoisotopic (exact) mass is 333 g/mol. The zero-order valence-electron chi connectivity index (χ0n) is 13.4. The average Bonchev–Trinajstić information content (AvgIpc) is 3.31. The molecule has 0 spiro atoms. The Balaban J connectivity index is 1.60. The molecule has 0 aliphatic rings. The zero-order chi connectivity index (χ0) is 17.2. The Morgan fingerprint density at radius 3 is 2.76 bits per heavy atom. The van der Waals surface area contributed by atoms with Crippen molar-refractivity contribution in [2.45, 2.75) is 13.0 Å². The number of aromatic amines is 1. The lowest BCUT2D eigenvalue weighted by Crippen LogP contribution is -2.28. The lowest BCUT2D eigenvalue weighted by Gasteiger charge is -2.13. The summed E-state index contributed by atoms with van der Waals surface area (Å²) in [6.07, 6.45) is 1.45. The van der Waals surface area contributed by atoms with Crippen molar-refractivity contribution in [1.29, 1.82) is 0 Å². The molecule has 8 heteroatoms. The molecule has 0 unspecified atom stereocenters. The Bertz CT molecular complexity index is 989. The number of imidazole rings is 1. The molecule has 2 N–H and O–H groups in total. The number of fused-ring (bicyclic) bond motifs is 1. The van der Waals surface area contributed by atoms with Crippen molar-refractivity contribution >= 4 is 16.9 Å². The van der Waals surface area contributed by atoms with Crippen LogP contribution >= 0.6 is 0 Å². The molecule has 2 aromatic carbocycles. The first-order chi connectivity index (χ1) is 12.2. The van der Waals surface area contributed by atoms with Gasteiger partial charge < -0.3 is 10.3 Å². The molecule has 124 valence electrons. The molecule has 25 heavy (non-hydrogen) atoms. The lowest BCUT2D eigenvalue weighted by atomic mass is 10.1. The lowest BCUT2D eigenvalue weighted by molar-refractivity contribution is 0.0938. The number of amides is 1. The van der Waals surface area contributed by atoms with Crippen LogP contribution < -0.4 is 5.32 Å². The number of carbonyl (C=O) groups is 1. The third-order valence-electron chi connectivity index (χ3n) is 3.91. The van der Waals surface area contributed by atoms with Gasteiger partial charge in [-0.25, -0.2) is 4.98 Å². The van der Waals surface area contributed by atoms with Gasteiger partial charge in [0.25, 0.3) is 5.91 Å². The average molecular weight is 333 g/mol. The summed E-state index contributed by atoms with van der Waals surface area (Å²) in [4.78, 5) is 20.5. The van der Waals surface area contributed by atoms with Gasteiger partial charge in [0, 0.05) is 0 Å². The minimum absolute atomic E-state index is 0.223. The first-order valence-electron chi connectivity index (χ1n) is 7.80. The number of tetrazole rings is 1. The van der Waals surface area contributed by atoms with Crippen molar-refractivity contribution in [3.63, 3.8) is 0 Å². The Kier molecular flexibility index (Phi) is 3.70. The molecule has 0 radical (unpaired) electrons. The number of rotatable bonds is 4. The highest BCUT2D eigenvalue weighted by atomic mass is 16.1. The van der Waals surface area contributed by atoms with Gasteiger partial charge in [0.1, 0.15) is 12.2 Å². The van der Waals surface area contributed by atoms with Crippen LogP contribution in [0, 0.1) is 0 Å². The predicted molar refractivity (Wildman–Crippen MR) is 91.1 cm³/mol. The molecule has 2 aromatic heterocycles. The molecule has 0 fully saturated rings. The zero-order valence-corrected chi connectivity index (χ0v) is 13.4. The number of hydrogen-bond acceptors (Lipinski definition) is 5. The van der Waals surface area contributed by atoms with Gasteiger partial charge in [-0.15, -0.1) is 5.10 Å². The molecule has 0 bridgehead atoms. The van der Waals surface area contributed by atoms with Gasteiger partial charge in [0.15, 0.2) is 0 Å². The Morgan fingerprint density at radius 1 is 1.16 bits per heavy atom. The molecular formula is C17H15N7O. The van der Waals surface area contributed by atoms with E-state index in [-0.39, 0.29) is 11.9 Å². The number of aromatic nitrogens is 6. The largest absolute Gasteiger partial charge is 0.342 e. The smallest absolute Gasteiger partial charge is 0.254 e. The Labute approximate surface area is 142 Å². The van der Waals surface area contributed by atoms with Crippen molar-refractivity contribution in [1.82, 2.24) is 35.5 Å². The second-order valence-corrected chi connectivity index (χ2v) is 5.61. The number of H-pyrrole nitrogens is 1. The quantitative estimate of drug-likeness (QED) is 0.595. The predicted octanol–water partition coefficient (Wildman–Crippen LogP) is 2.03. The number of nitrogens with zero attached hydrogens (tertiary/aromatic N) is 5. The third-order valence-corrected chi connectivity index (χ3v) is 3.91. The fourth-order valence-corrected chi connectivity index (χ4v) is 2.66. The topological polar surface area (TPSA) is 101 Å². The number of carbonyl (C=O) groups excluding carboxylic acids is 1. The van der Waals surface area contributed by atoms with Gasteiger partial charge >= 0.3 is 0 Å². The van der Waals surface area contributed by atoms with Gasteiger partial charge in [-0.1, -0.05) is 24.3 Å². The summed E-state index contributed by atoms with van der Waals surface area (Å²) in [6, 6.07) is 14.6. The Morgan fingerprint density at radius 2 is 1.96 bits per heavy atom. The summed E-state index contributed by atoms with van der Waals surface area (Å²) in [7, 11) is 0. The normalized spacial score (nSPS) is 12.2. The second-order valence-electron chi connectivity index (χ2n) is 5.61. The van der Waals surface area contributed by atoms with Crippen LogP contribution in [0.5, 0.6) is 0 Å². The molecular weight excluding hydrogens is 318 g/mol. The second kappa shape index (κ2) is 6.16. The van der Waals surface area contributed by atoms with Crippen LogP contribution in [0.4, 0.5) is 0 Å². The van der Waals surface area contributed by atoms with Crippen molar-refractivity contribution in [2.75, 3.05) is 0 Å². The van der Waals surface area contributed by atoms with Crippen molar-refractivity contribution in [3.8, 4) is 5.69 Å². The maximum absolute atomic E-state index is 12.7. The van der Waals surface area contributed by atoms with E-state index in [1.165, 1.54) is 11.0 Å². The molecule has 0 aliphatic heterocycles. The molecule has 2 heterocycles. The van der Waals surface area contributed by atoms with E-state index in [1.54, 1.807) is 18.2 Å². The minimum Gasteiger partial charge on any atom is -0.342 e. The van der Waals surface area contributed by atoms with Gasteiger partial charge in [-0.2, -0.15) is 4.68 Å². The van der Waals surface area contributed by atoms with Crippen LogP contribution in [0.25, 0.3) is 16.7 Å². The van der Waals surface area contributed by atoms with Gasteiger partial charge in [0.2, 0.25) is 0 Å². The first kappa shape index (κ1) is 15.0. The van der Waals surface area contributed by atoms with Crippen LogP contribution in [0.15, 0.2) is 54.9 Å². The van der Waals surface area contributed by atoms with Crippen LogP contribution in [0.1, 0.15) is 29.1 Å². The van der Waals surface area contributed by atoms with E-state index in [4.69, 9.17) is 0 Å². The summed E-state index contributed by atoms with van der Waals surface area (Å²) in [5.74, 6) is 0.480. The number of para-hydroxylation sites is 3. The van der Waals surface area contributed by atoms with Crippen molar-refractivity contribution < 1.29 is 4.79 Å². The molecule has 0 saturated heterocycles. The molecule has 1 amide bonds. The molecule has 4 rings (SSSR count). The fraction of sp³-hybridized carbons (Fsp3) is 0.118. The summed E-state index contributed by atoms with van der Waals surface area (Å²) in [5, 5.41) is 14.0. The van der Waals surface area contributed by atoms with Gasteiger partial charge in [-0.05, 0) is 41.6 Å². The van der Waals surface area contributed by atoms with E-state index in [9.17, 15) is 4.79 Å². The van der Waals surface area contributed by atoms with Crippen molar-refractivity contribution in [2.24, 2.45) is 0 Å². The molecule has 8 nitrogen and oxygen atoms in total. The molecule has 1 atom stereocenters. The molecule has 0 aliphatic carbocycles. The Hall–Kier alpha value is -3.55. The van der Waals surface area contributed by atoms with Crippen LogP contribution in [0.3, 0.4) is 0 Å². The SMILES string of the molecule is C[C@@H](NC(=O)c1ccccc1-n1cnnn1)c1nc2ccccc2[nH]1. The number of benzene rings is 2. The summed E-state index contributed by atoms with van der Waals surface area (Å²) >= 11 is 0. The standard InChI is InChI=1S/C17H15N7O/c1-11(16-20-13-7-3-4-8-14(13)21-16)19-17(25)12-6-2-5-9-15(12)24-10-18-22-23-24/h2-11H,1H3,(H,19,25)(H,20,21)/t11-/m1/s1. The highest BCUT2D eigenvalue weighted by Crippen LogP contribution is 2.18. The number of nitrogens with one attached hydrogen (secondary N) is 2. The van der Waals surface area contributed by atoms with E-state index in [0.717, 1.165) is 11.0 Å². The highest BCUT2D eigenvalue weighted by Gasteiger charge is 2.18. The fourth-order valence-electron chi connectivity index (χ4n) is 2.66. The minimum atomic E-state index is -0.276. The van der Waals surface area contributed by atoms with E-state index < -0.39 is 0 Å². The maximum Gasteiger partial charge on any atom is 0.254 e. The van der Waals surface area contributed by atoms with Gasteiger partial charge in [-0.3, -0.25) is 4.79 Å². The van der Waals surface area contributed by atoms with Crippen molar-refractivity contribution in [3.05, 3.63) is 66.2 Å². The van der Waals surface area contributed by atoms with E-state index in [0.29, 0.717) is 17.1 Å². The third kappa shape index (κ3) is 2.85. The number of hydrogen-bond donors (Lipinski definition) is 2. The summed E-state index contributed by atoms with van der Waals surface area (Å²) in [6.45, 7) is 1.88. The molecule has 0 saturated carbocycles. The van der Waals surface area contributed by atoms with Crippen LogP contribution in [0.2, 0.25) is 0 Å². The summed E-state index contributed by atoms with van der Waals surface area (Å²) < 4.78 is 1.46. The first-order valence-corrected chi connectivity index (χ1v) is 7.80. The van der Waals surface area contributed by atoms with Crippen LogP contribution in [-0.4, -0.2) is 36.1 Å². The highest BCUT2D eigenvalue weighted by molar-refractivity contribution is 5.97. The van der Waals surface area contributed by atoms with E-state index >= 15 is 0 Å². The van der Waals surface area contributed by atoms with Crippen LogP contribution in [-0.2, 0) is 0 Å².